The summed E-state index contributed by atoms with van der Waals surface area (Å²) >= 11 is 0. The number of imidazole rings is 1. The lowest BCUT2D eigenvalue weighted by molar-refractivity contribution is 0.0697. The number of nitrogens with zero attached hydrogens (tertiary/aromatic N) is 1. The molecule has 0 bridgehead atoms. The van der Waals surface area contributed by atoms with E-state index in [0.29, 0.717) is 0 Å². The SMILES string of the molecule is Cc1[nH]c(-c2ccc(C(=O)O)cc2)nc1-c1cccc2ccccc12. The lowest BCUT2D eigenvalue weighted by atomic mass is 10.0. The van der Waals surface area contributed by atoms with Crippen molar-refractivity contribution in [2.45, 2.75) is 6.92 Å². The minimum absolute atomic E-state index is 0.265. The maximum atomic E-state index is 11.0. The Kier molecular flexibility index (Phi) is 3.58. The fourth-order valence-corrected chi connectivity index (χ4v) is 3.06. The van der Waals surface area contributed by atoms with Crippen LogP contribution < -0.4 is 0 Å². The van der Waals surface area contributed by atoms with Gasteiger partial charge >= 0.3 is 5.97 Å². The molecule has 0 spiro atoms. The number of nitrogens with one attached hydrogen (secondary N) is 1. The molecule has 0 aliphatic carbocycles. The van der Waals surface area contributed by atoms with Crippen molar-refractivity contribution in [3.05, 3.63) is 78.0 Å². The van der Waals surface area contributed by atoms with Gasteiger partial charge in [0.05, 0.1) is 11.3 Å². The Labute approximate surface area is 144 Å². The first-order valence-corrected chi connectivity index (χ1v) is 8.02. The zero-order valence-corrected chi connectivity index (χ0v) is 13.7. The van der Waals surface area contributed by atoms with Crippen molar-refractivity contribution in [3.63, 3.8) is 0 Å². The molecule has 4 aromatic rings. The molecule has 122 valence electrons. The van der Waals surface area contributed by atoms with Gasteiger partial charge in [-0.3, -0.25) is 0 Å². The predicted molar refractivity (Wildman–Crippen MR) is 98.7 cm³/mol. The largest absolute Gasteiger partial charge is 0.478 e. The van der Waals surface area contributed by atoms with E-state index in [2.05, 4.69) is 29.2 Å². The molecule has 0 saturated heterocycles. The topological polar surface area (TPSA) is 66.0 Å². The zero-order valence-electron chi connectivity index (χ0n) is 13.7. The van der Waals surface area contributed by atoms with Gasteiger partial charge in [0.25, 0.3) is 0 Å². The number of aromatic carboxylic acids is 1. The van der Waals surface area contributed by atoms with E-state index in [1.54, 1.807) is 24.3 Å². The molecule has 1 aromatic heterocycles. The van der Waals surface area contributed by atoms with E-state index in [9.17, 15) is 4.79 Å². The molecular weight excluding hydrogens is 312 g/mol. The van der Waals surface area contributed by atoms with Crippen molar-refractivity contribution < 1.29 is 9.90 Å². The van der Waals surface area contributed by atoms with Crippen LogP contribution in [0.4, 0.5) is 0 Å². The molecule has 4 heteroatoms. The highest BCUT2D eigenvalue weighted by Gasteiger charge is 2.13. The van der Waals surface area contributed by atoms with Gasteiger partial charge in [-0.2, -0.15) is 0 Å². The third-order valence-electron chi connectivity index (χ3n) is 4.33. The standard InChI is InChI=1S/C21H16N2O2/c1-13-19(18-8-4-6-14-5-2-3-7-17(14)18)23-20(22-13)15-9-11-16(12-10-15)21(24)25/h2-12H,1H3,(H,22,23)(H,24,25). The summed E-state index contributed by atoms with van der Waals surface area (Å²) in [6.07, 6.45) is 0. The van der Waals surface area contributed by atoms with Gasteiger partial charge in [-0.15, -0.1) is 0 Å². The normalized spacial score (nSPS) is 10.9. The van der Waals surface area contributed by atoms with Gasteiger partial charge in [0, 0.05) is 16.8 Å². The summed E-state index contributed by atoms with van der Waals surface area (Å²) in [5, 5.41) is 11.4. The molecule has 25 heavy (non-hydrogen) atoms. The third kappa shape index (κ3) is 2.68. The minimum atomic E-state index is -0.932. The van der Waals surface area contributed by atoms with E-state index < -0.39 is 5.97 Å². The van der Waals surface area contributed by atoms with Crippen LogP contribution in [0.15, 0.2) is 66.7 Å². The number of carboxylic acids is 1. The number of benzene rings is 3. The summed E-state index contributed by atoms with van der Waals surface area (Å²) in [7, 11) is 0. The Morgan fingerprint density at radius 2 is 1.68 bits per heavy atom. The number of fused-ring (bicyclic) bond motifs is 1. The van der Waals surface area contributed by atoms with Gasteiger partial charge in [-0.05, 0) is 29.8 Å². The number of hydrogen-bond acceptors (Lipinski definition) is 2. The van der Waals surface area contributed by atoms with Crippen LogP contribution in [0.1, 0.15) is 16.1 Å². The number of aryl methyl sites for hydroxylation is 1. The van der Waals surface area contributed by atoms with Gasteiger partial charge in [0.15, 0.2) is 0 Å². The molecule has 1 heterocycles. The second-order valence-corrected chi connectivity index (χ2v) is 5.97. The average molecular weight is 328 g/mol. The molecule has 4 rings (SSSR count). The van der Waals surface area contributed by atoms with Crippen LogP contribution in [0, 0.1) is 6.92 Å². The number of hydrogen-bond donors (Lipinski definition) is 2. The zero-order chi connectivity index (χ0) is 17.4. The number of rotatable bonds is 3. The third-order valence-corrected chi connectivity index (χ3v) is 4.33. The Morgan fingerprint density at radius 1 is 0.960 bits per heavy atom. The first kappa shape index (κ1) is 15.1. The van der Waals surface area contributed by atoms with Crippen molar-refractivity contribution in [1.82, 2.24) is 9.97 Å². The van der Waals surface area contributed by atoms with Crippen LogP contribution in [-0.4, -0.2) is 21.0 Å². The lowest BCUT2D eigenvalue weighted by Crippen LogP contribution is -1.95. The quantitative estimate of drug-likeness (QED) is 0.562. The number of carbonyl (C=O) groups is 1. The van der Waals surface area contributed by atoms with E-state index >= 15 is 0 Å². The predicted octanol–water partition coefficient (Wildman–Crippen LogP) is 4.90. The first-order valence-electron chi connectivity index (χ1n) is 8.02. The second kappa shape index (κ2) is 5.91. The Hall–Kier alpha value is -3.40. The van der Waals surface area contributed by atoms with E-state index in [-0.39, 0.29) is 5.56 Å². The summed E-state index contributed by atoms with van der Waals surface area (Å²) in [5.41, 5.74) is 4.10. The average Bonchev–Trinajstić information content (AvgIpc) is 3.03. The smallest absolute Gasteiger partial charge is 0.335 e. The second-order valence-electron chi connectivity index (χ2n) is 5.97. The molecular formula is C21H16N2O2. The summed E-state index contributed by atoms with van der Waals surface area (Å²) in [5.74, 6) is -0.198. The van der Waals surface area contributed by atoms with Crippen LogP contribution in [-0.2, 0) is 0 Å². The van der Waals surface area contributed by atoms with E-state index in [0.717, 1.165) is 33.7 Å². The highest BCUT2D eigenvalue weighted by Crippen LogP contribution is 2.31. The van der Waals surface area contributed by atoms with E-state index in [1.807, 2.05) is 25.1 Å². The van der Waals surface area contributed by atoms with Gasteiger partial charge in [0.2, 0.25) is 0 Å². The van der Waals surface area contributed by atoms with Crippen LogP contribution in [0.5, 0.6) is 0 Å². The molecule has 0 unspecified atom stereocenters. The maximum Gasteiger partial charge on any atom is 0.335 e. The van der Waals surface area contributed by atoms with Crippen LogP contribution in [0.2, 0.25) is 0 Å². The molecule has 0 aliphatic heterocycles. The van der Waals surface area contributed by atoms with Gasteiger partial charge in [-0.25, -0.2) is 9.78 Å². The fourth-order valence-electron chi connectivity index (χ4n) is 3.06. The maximum absolute atomic E-state index is 11.0. The summed E-state index contributed by atoms with van der Waals surface area (Å²) in [6.45, 7) is 2.00. The van der Waals surface area contributed by atoms with Crippen molar-refractivity contribution in [2.24, 2.45) is 0 Å². The number of H-pyrrole nitrogens is 1. The van der Waals surface area contributed by atoms with Crippen LogP contribution in [0.25, 0.3) is 33.4 Å². The van der Waals surface area contributed by atoms with Crippen molar-refractivity contribution in [2.75, 3.05) is 0 Å². The highest BCUT2D eigenvalue weighted by molar-refractivity contribution is 5.96. The minimum Gasteiger partial charge on any atom is -0.478 e. The Bertz CT molecular complexity index is 1070. The van der Waals surface area contributed by atoms with Gasteiger partial charge in [0.1, 0.15) is 5.82 Å². The number of aromatic amines is 1. The molecule has 4 nitrogen and oxygen atoms in total. The highest BCUT2D eigenvalue weighted by atomic mass is 16.4. The van der Waals surface area contributed by atoms with Gasteiger partial charge in [-0.1, -0.05) is 54.6 Å². The number of aromatic nitrogens is 2. The summed E-state index contributed by atoms with van der Waals surface area (Å²) in [6, 6.07) is 21.2. The molecule has 0 atom stereocenters. The lowest BCUT2D eigenvalue weighted by Gasteiger charge is -2.04. The molecule has 2 N–H and O–H groups in total. The summed E-state index contributed by atoms with van der Waals surface area (Å²) in [4.78, 5) is 19.1. The van der Waals surface area contributed by atoms with Crippen molar-refractivity contribution >= 4 is 16.7 Å². The van der Waals surface area contributed by atoms with Crippen molar-refractivity contribution in [1.29, 1.82) is 0 Å². The molecule has 3 aromatic carbocycles. The van der Waals surface area contributed by atoms with Crippen molar-refractivity contribution in [3.8, 4) is 22.6 Å². The monoisotopic (exact) mass is 328 g/mol. The molecule has 0 aliphatic rings. The van der Waals surface area contributed by atoms with Gasteiger partial charge < -0.3 is 10.1 Å². The Morgan fingerprint density at radius 3 is 2.44 bits per heavy atom. The van der Waals surface area contributed by atoms with Crippen LogP contribution in [0.3, 0.4) is 0 Å². The van der Waals surface area contributed by atoms with E-state index in [1.165, 1.54) is 5.39 Å². The first-order chi connectivity index (χ1) is 12.1. The van der Waals surface area contributed by atoms with E-state index in [4.69, 9.17) is 10.1 Å². The number of carboxylic acid groups (broad SMARTS) is 1. The Balaban J connectivity index is 1.81. The molecule has 0 amide bonds. The van der Waals surface area contributed by atoms with Crippen LogP contribution >= 0.6 is 0 Å². The molecule has 0 saturated carbocycles. The summed E-state index contributed by atoms with van der Waals surface area (Å²) < 4.78 is 0. The molecule has 0 fully saturated rings. The molecule has 0 radical (unpaired) electrons. The fraction of sp³-hybridized carbons (Fsp3) is 0.0476.